The minimum Gasteiger partial charge on any atom is -0.492 e. The van der Waals surface area contributed by atoms with Crippen molar-refractivity contribution in [2.45, 2.75) is 12.1 Å². The Hall–Kier alpha value is -3.65. The summed E-state index contributed by atoms with van der Waals surface area (Å²) in [4.78, 5) is 16.7. The zero-order valence-electron chi connectivity index (χ0n) is 16.9. The molecule has 2 heterocycles. The maximum Gasteiger partial charge on any atom is 0.234 e. The summed E-state index contributed by atoms with van der Waals surface area (Å²) in [5.74, 6) is 1.38. The quantitative estimate of drug-likeness (QED) is 0.415. The van der Waals surface area contributed by atoms with E-state index in [0.29, 0.717) is 29.0 Å². The van der Waals surface area contributed by atoms with Crippen molar-refractivity contribution in [3.63, 3.8) is 0 Å². The number of pyridine rings is 1. The normalized spacial score (nSPS) is 10.6. The fourth-order valence-electron chi connectivity index (χ4n) is 3.03. The van der Waals surface area contributed by atoms with E-state index in [-0.39, 0.29) is 11.7 Å². The third-order valence-corrected chi connectivity index (χ3v) is 5.31. The van der Waals surface area contributed by atoms with Crippen LogP contribution in [0.2, 0.25) is 0 Å². The molecule has 0 radical (unpaired) electrons. The predicted octanol–water partition coefficient (Wildman–Crippen LogP) is 4.46. The predicted molar refractivity (Wildman–Crippen MR) is 122 cm³/mol. The number of aromatic nitrogens is 4. The Morgan fingerprint density at radius 1 is 1.00 bits per heavy atom. The van der Waals surface area contributed by atoms with E-state index in [1.54, 1.807) is 12.4 Å². The Labute approximate surface area is 184 Å². The van der Waals surface area contributed by atoms with E-state index in [0.717, 1.165) is 11.3 Å². The smallest absolute Gasteiger partial charge is 0.234 e. The molecule has 0 spiro atoms. The van der Waals surface area contributed by atoms with Crippen molar-refractivity contribution in [3.8, 4) is 22.8 Å². The number of nitrogens with one attached hydrogen (secondary N) is 1. The first-order valence-electron chi connectivity index (χ1n) is 9.82. The molecule has 0 saturated heterocycles. The molecule has 4 rings (SSSR count). The molecular formula is C23H21N5O2S. The van der Waals surface area contributed by atoms with Gasteiger partial charge >= 0.3 is 0 Å². The van der Waals surface area contributed by atoms with Gasteiger partial charge < -0.3 is 10.1 Å². The van der Waals surface area contributed by atoms with Gasteiger partial charge in [0.15, 0.2) is 11.0 Å². The van der Waals surface area contributed by atoms with Gasteiger partial charge in [-0.15, -0.1) is 10.2 Å². The molecule has 1 N–H and O–H groups in total. The molecule has 7 nitrogen and oxygen atoms in total. The van der Waals surface area contributed by atoms with Crippen LogP contribution in [0.1, 0.15) is 6.92 Å². The Bertz CT molecular complexity index is 1150. The molecule has 8 heteroatoms. The van der Waals surface area contributed by atoms with Crippen molar-refractivity contribution < 1.29 is 9.53 Å². The van der Waals surface area contributed by atoms with Gasteiger partial charge in [0.2, 0.25) is 5.91 Å². The highest BCUT2D eigenvalue weighted by Crippen LogP contribution is 2.28. The Morgan fingerprint density at radius 2 is 1.74 bits per heavy atom. The first-order chi connectivity index (χ1) is 15.3. The van der Waals surface area contributed by atoms with Crippen LogP contribution in [-0.4, -0.2) is 38.0 Å². The SMILES string of the molecule is CCOc1ccccc1NC(=O)CSc1nnc(-c2ccncc2)n1-c1ccccc1. The van der Waals surface area contributed by atoms with Crippen LogP contribution in [0.15, 0.2) is 84.3 Å². The molecule has 0 fully saturated rings. The first-order valence-corrected chi connectivity index (χ1v) is 10.8. The average Bonchev–Trinajstić information content (AvgIpc) is 3.24. The highest BCUT2D eigenvalue weighted by atomic mass is 32.2. The topological polar surface area (TPSA) is 81.9 Å². The molecule has 0 aliphatic rings. The summed E-state index contributed by atoms with van der Waals surface area (Å²) in [5, 5.41) is 12.3. The fraction of sp³-hybridized carbons (Fsp3) is 0.130. The van der Waals surface area contributed by atoms with Crippen molar-refractivity contribution in [1.29, 1.82) is 0 Å². The molecule has 0 unspecified atom stereocenters. The highest BCUT2D eigenvalue weighted by Gasteiger charge is 2.17. The van der Waals surface area contributed by atoms with Crippen LogP contribution in [0.25, 0.3) is 17.1 Å². The fourth-order valence-corrected chi connectivity index (χ4v) is 3.78. The number of hydrogen-bond acceptors (Lipinski definition) is 6. The standard InChI is InChI=1S/C23H21N5O2S/c1-2-30-20-11-7-6-10-19(20)25-21(29)16-31-23-27-26-22(17-12-14-24-15-13-17)28(23)18-8-4-3-5-9-18/h3-15H,2,16H2,1H3,(H,25,29). The van der Waals surface area contributed by atoms with Gasteiger partial charge in [0.1, 0.15) is 5.75 Å². The lowest BCUT2D eigenvalue weighted by molar-refractivity contribution is -0.113. The van der Waals surface area contributed by atoms with Crippen LogP contribution in [0.3, 0.4) is 0 Å². The van der Waals surface area contributed by atoms with Gasteiger partial charge in [0.05, 0.1) is 18.0 Å². The van der Waals surface area contributed by atoms with Crippen molar-refractivity contribution in [3.05, 3.63) is 79.1 Å². The molecule has 0 bridgehead atoms. The van der Waals surface area contributed by atoms with Crippen molar-refractivity contribution in [2.75, 3.05) is 17.7 Å². The van der Waals surface area contributed by atoms with Crippen LogP contribution in [0.4, 0.5) is 5.69 Å². The molecule has 31 heavy (non-hydrogen) atoms. The van der Waals surface area contributed by atoms with Gasteiger partial charge in [-0.1, -0.05) is 42.1 Å². The van der Waals surface area contributed by atoms with E-state index in [4.69, 9.17) is 4.74 Å². The van der Waals surface area contributed by atoms with Gasteiger partial charge in [0, 0.05) is 23.6 Å². The van der Waals surface area contributed by atoms with Crippen LogP contribution in [0, 0.1) is 0 Å². The summed E-state index contributed by atoms with van der Waals surface area (Å²) >= 11 is 1.32. The summed E-state index contributed by atoms with van der Waals surface area (Å²) in [6.07, 6.45) is 3.44. The van der Waals surface area contributed by atoms with E-state index in [1.807, 2.05) is 78.2 Å². The van der Waals surface area contributed by atoms with E-state index in [9.17, 15) is 4.79 Å². The minimum atomic E-state index is -0.148. The third-order valence-electron chi connectivity index (χ3n) is 4.38. The molecule has 4 aromatic rings. The van der Waals surface area contributed by atoms with Gasteiger partial charge in [-0.2, -0.15) is 0 Å². The van der Waals surface area contributed by atoms with E-state index >= 15 is 0 Å². The lowest BCUT2D eigenvalue weighted by Gasteiger charge is -2.12. The van der Waals surface area contributed by atoms with E-state index in [1.165, 1.54) is 11.8 Å². The van der Waals surface area contributed by atoms with Gasteiger partial charge in [-0.05, 0) is 43.3 Å². The van der Waals surface area contributed by atoms with Gasteiger partial charge in [-0.3, -0.25) is 14.3 Å². The Balaban J connectivity index is 1.55. The Morgan fingerprint density at radius 3 is 2.52 bits per heavy atom. The van der Waals surface area contributed by atoms with Crippen molar-refractivity contribution in [1.82, 2.24) is 19.7 Å². The third kappa shape index (κ3) is 4.92. The Kier molecular flexibility index (Phi) is 6.59. The molecule has 0 saturated carbocycles. The highest BCUT2D eigenvalue weighted by molar-refractivity contribution is 7.99. The monoisotopic (exact) mass is 431 g/mol. The van der Waals surface area contributed by atoms with Gasteiger partial charge in [0.25, 0.3) is 0 Å². The van der Waals surface area contributed by atoms with Crippen LogP contribution < -0.4 is 10.1 Å². The van der Waals surface area contributed by atoms with Crippen molar-refractivity contribution in [2.24, 2.45) is 0 Å². The lowest BCUT2D eigenvalue weighted by Crippen LogP contribution is -2.15. The number of ether oxygens (including phenoxy) is 1. The van der Waals surface area contributed by atoms with E-state index in [2.05, 4.69) is 20.5 Å². The molecular weight excluding hydrogens is 410 g/mol. The largest absolute Gasteiger partial charge is 0.492 e. The maximum absolute atomic E-state index is 12.6. The molecule has 2 aromatic heterocycles. The number of benzene rings is 2. The summed E-state index contributed by atoms with van der Waals surface area (Å²) in [6.45, 7) is 2.44. The molecule has 0 aliphatic carbocycles. The van der Waals surface area contributed by atoms with E-state index < -0.39 is 0 Å². The van der Waals surface area contributed by atoms with Crippen LogP contribution in [0.5, 0.6) is 5.75 Å². The number of nitrogens with zero attached hydrogens (tertiary/aromatic N) is 4. The maximum atomic E-state index is 12.6. The number of anilines is 1. The van der Waals surface area contributed by atoms with Crippen LogP contribution >= 0.6 is 11.8 Å². The number of para-hydroxylation sites is 3. The summed E-state index contributed by atoms with van der Waals surface area (Å²) in [5.41, 5.74) is 2.47. The minimum absolute atomic E-state index is 0.148. The van der Waals surface area contributed by atoms with Crippen LogP contribution in [-0.2, 0) is 4.79 Å². The average molecular weight is 432 g/mol. The zero-order chi connectivity index (χ0) is 21.5. The first kappa shape index (κ1) is 20.6. The lowest BCUT2D eigenvalue weighted by atomic mass is 10.2. The second-order valence-corrected chi connectivity index (χ2v) is 7.42. The molecule has 1 amide bonds. The number of rotatable bonds is 8. The van der Waals surface area contributed by atoms with Gasteiger partial charge in [-0.25, -0.2) is 0 Å². The molecule has 2 aromatic carbocycles. The number of carbonyl (C=O) groups excluding carboxylic acids is 1. The summed E-state index contributed by atoms with van der Waals surface area (Å²) in [6, 6.07) is 21.0. The molecule has 156 valence electrons. The number of thioether (sulfide) groups is 1. The summed E-state index contributed by atoms with van der Waals surface area (Å²) < 4.78 is 7.52. The second kappa shape index (κ2) is 9.90. The number of hydrogen-bond donors (Lipinski definition) is 1. The molecule has 0 aliphatic heterocycles. The zero-order valence-corrected chi connectivity index (χ0v) is 17.7. The molecule has 0 atom stereocenters. The number of amides is 1. The second-order valence-electron chi connectivity index (χ2n) is 6.48. The number of carbonyl (C=O) groups is 1. The summed E-state index contributed by atoms with van der Waals surface area (Å²) in [7, 11) is 0. The van der Waals surface area contributed by atoms with Crippen molar-refractivity contribution >= 4 is 23.4 Å².